The van der Waals surface area contributed by atoms with E-state index in [4.69, 9.17) is 8.83 Å². The molecule has 6 aromatic carbocycles. The lowest BCUT2D eigenvalue weighted by atomic mass is 9.79. The van der Waals surface area contributed by atoms with E-state index in [0.29, 0.717) is 0 Å². The topological polar surface area (TPSA) is 29.5 Å². The van der Waals surface area contributed by atoms with Gasteiger partial charge < -0.3 is 13.7 Å². The third kappa shape index (κ3) is 4.42. The number of benzene rings is 6. The second kappa shape index (κ2) is 10.4. The Balaban J connectivity index is 1.37. The number of hydrogen-bond acceptors (Lipinski definition) is 3. The van der Waals surface area contributed by atoms with Gasteiger partial charge in [0.05, 0.1) is 11.4 Å². The maximum absolute atomic E-state index is 7.06. The van der Waals surface area contributed by atoms with Gasteiger partial charge in [-0.3, -0.25) is 0 Å². The highest BCUT2D eigenvalue weighted by Gasteiger charge is 2.36. The van der Waals surface area contributed by atoms with E-state index < -0.39 is 0 Å². The molecule has 0 unspecified atom stereocenters. The molecule has 0 spiro atoms. The molecule has 2 aromatic heterocycles. The van der Waals surface area contributed by atoms with Crippen molar-refractivity contribution in [3.8, 4) is 11.1 Å². The first-order chi connectivity index (χ1) is 23.8. The minimum atomic E-state index is -0.144. The summed E-state index contributed by atoms with van der Waals surface area (Å²) in [5, 5.41) is 4.52. The molecule has 248 valence electrons. The number of hydrogen-bond donors (Lipinski definition) is 0. The molecule has 1 aliphatic rings. The fourth-order valence-electron chi connectivity index (χ4n) is 8.26. The second-order valence-corrected chi connectivity index (χ2v) is 16.6. The van der Waals surface area contributed by atoms with Crippen molar-refractivity contribution in [1.82, 2.24) is 0 Å². The van der Waals surface area contributed by atoms with Crippen LogP contribution < -0.4 is 4.90 Å². The zero-order valence-corrected chi connectivity index (χ0v) is 30.2. The number of furan rings is 2. The molecule has 0 saturated carbocycles. The molecule has 1 aliphatic carbocycles. The van der Waals surface area contributed by atoms with Gasteiger partial charge in [-0.25, -0.2) is 0 Å². The van der Waals surface area contributed by atoms with E-state index in [1.807, 2.05) is 6.07 Å². The van der Waals surface area contributed by atoms with Crippen LogP contribution >= 0.6 is 0 Å². The predicted molar refractivity (Wildman–Crippen MR) is 211 cm³/mol. The number of fused-ring (bicyclic) bond motifs is 9. The number of anilines is 3. The molecule has 9 rings (SSSR count). The van der Waals surface area contributed by atoms with E-state index in [9.17, 15) is 0 Å². The fourth-order valence-corrected chi connectivity index (χ4v) is 8.26. The quantitative estimate of drug-likeness (QED) is 0.190. The summed E-state index contributed by atoms with van der Waals surface area (Å²) in [7, 11) is 0. The van der Waals surface area contributed by atoms with Gasteiger partial charge in [-0.15, -0.1) is 0 Å². The summed E-state index contributed by atoms with van der Waals surface area (Å²) in [5.41, 5.74) is 14.2. The third-order valence-corrected chi connectivity index (χ3v) is 10.9. The van der Waals surface area contributed by atoms with E-state index >= 15 is 0 Å². The van der Waals surface area contributed by atoms with E-state index in [2.05, 4.69) is 169 Å². The molecule has 0 bridgehead atoms. The summed E-state index contributed by atoms with van der Waals surface area (Å²) in [4.78, 5) is 2.36. The Morgan fingerprint density at radius 2 is 1.14 bits per heavy atom. The molecule has 0 aliphatic heterocycles. The first-order valence-corrected chi connectivity index (χ1v) is 17.8. The molecular formula is C47H43NO2. The molecular weight excluding hydrogens is 611 g/mol. The van der Waals surface area contributed by atoms with Crippen LogP contribution in [0.25, 0.3) is 55.0 Å². The summed E-state index contributed by atoms with van der Waals surface area (Å²) < 4.78 is 13.8. The standard InChI is InChI=1S/C47H43NO2/c1-45(2,3)28-25-37(46(4,5)6)42-34-18-14-21-39(44(34)50-41(42)26-28)48(38-20-13-17-33-32-16-10-12-22-40(32)49-43(33)38)29-23-24-31-30-15-9-11-19-35(30)47(7,8)36(31)27-29/h9-27H,1-8H3. The predicted octanol–water partition coefficient (Wildman–Crippen LogP) is 13.9. The normalized spacial score (nSPS) is 14.2. The van der Waals surface area contributed by atoms with E-state index in [1.54, 1.807) is 0 Å². The minimum Gasteiger partial charge on any atom is -0.454 e. The molecule has 3 heteroatoms. The van der Waals surface area contributed by atoms with Gasteiger partial charge in [0.2, 0.25) is 0 Å². The fraction of sp³-hybridized carbons (Fsp3) is 0.234. The lowest BCUT2D eigenvalue weighted by Crippen LogP contribution is -2.16. The summed E-state index contributed by atoms with van der Waals surface area (Å²) in [6, 6.07) is 41.8. The van der Waals surface area contributed by atoms with E-state index in [-0.39, 0.29) is 16.2 Å². The summed E-state index contributed by atoms with van der Waals surface area (Å²) in [5.74, 6) is 0. The Kier molecular flexibility index (Phi) is 6.38. The van der Waals surface area contributed by atoms with Gasteiger partial charge >= 0.3 is 0 Å². The van der Waals surface area contributed by atoms with Crippen molar-refractivity contribution in [3.63, 3.8) is 0 Å². The smallest absolute Gasteiger partial charge is 0.159 e. The summed E-state index contributed by atoms with van der Waals surface area (Å²) in [6.45, 7) is 18.4. The van der Waals surface area contributed by atoms with Gasteiger partial charge in [-0.05, 0) is 80.6 Å². The van der Waals surface area contributed by atoms with Gasteiger partial charge in [0.1, 0.15) is 11.2 Å². The molecule has 2 heterocycles. The van der Waals surface area contributed by atoms with Crippen LogP contribution in [0.2, 0.25) is 0 Å². The molecule has 50 heavy (non-hydrogen) atoms. The van der Waals surface area contributed by atoms with Crippen molar-refractivity contribution >= 4 is 60.9 Å². The van der Waals surface area contributed by atoms with Crippen LogP contribution in [0, 0.1) is 0 Å². The van der Waals surface area contributed by atoms with Gasteiger partial charge in [0.15, 0.2) is 11.2 Å². The largest absolute Gasteiger partial charge is 0.454 e. The van der Waals surface area contributed by atoms with Crippen LogP contribution in [0.1, 0.15) is 77.6 Å². The SMILES string of the molecule is CC(C)(C)c1cc(C(C)(C)C)c2c(c1)oc1c(N(c3ccc4c(c3)C(C)(C)c3ccccc3-4)c3cccc4c3oc3ccccc34)cccc12. The van der Waals surface area contributed by atoms with Crippen molar-refractivity contribution in [1.29, 1.82) is 0 Å². The van der Waals surface area contributed by atoms with Crippen LogP contribution in [-0.4, -0.2) is 0 Å². The van der Waals surface area contributed by atoms with Crippen molar-refractivity contribution < 1.29 is 8.83 Å². The van der Waals surface area contributed by atoms with Crippen molar-refractivity contribution in [2.45, 2.75) is 71.6 Å². The average Bonchev–Trinajstić information content (AvgIpc) is 3.73. The van der Waals surface area contributed by atoms with Crippen molar-refractivity contribution in [3.05, 3.63) is 138 Å². The molecule has 0 N–H and O–H groups in total. The highest BCUT2D eigenvalue weighted by Crippen LogP contribution is 2.52. The maximum Gasteiger partial charge on any atom is 0.159 e. The zero-order valence-electron chi connectivity index (χ0n) is 30.2. The van der Waals surface area contributed by atoms with E-state index in [0.717, 1.165) is 55.6 Å². The Labute approximate surface area is 294 Å². The molecule has 0 amide bonds. The third-order valence-electron chi connectivity index (χ3n) is 10.9. The Morgan fingerprint density at radius 3 is 1.88 bits per heavy atom. The monoisotopic (exact) mass is 653 g/mol. The van der Waals surface area contributed by atoms with Crippen LogP contribution in [0.3, 0.4) is 0 Å². The summed E-state index contributed by atoms with van der Waals surface area (Å²) in [6.07, 6.45) is 0. The number of nitrogens with zero attached hydrogens (tertiary/aromatic N) is 1. The van der Waals surface area contributed by atoms with Gasteiger partial charge in [-0.1, -0.05) is 134 Å². The lowest BCUT2D eigenvalue weighted by molar-refractivity contribution is 0.569. The second-order valence-electron chi connectivity index (χ2n) is 16.6. The van der Waals surface area contributed by atoms with Crippen LogP contribution in [0.5, 0.6) is 0 Å². The molecule has 8 aromatic rings. The summed E-state index contributed by atoms with van der Waals surface area (Å²) >= 11 is 0. The van der Waals surface area contributed by atoms with E-state index in [1.165, 1.54) is 38.8 Å². The molecule has 0 saturated heterocycles. The minimum absolute atomic E-state index is 0.0201. The highest BCUT2D eigenvalue weighted by molar-refractivity contribution is 6.15. The molecule has 0 fully saturated rings. The van der Waals surface area contributed by atoms with Crippen molar-refractivity contribution in [2.75, 3.05) is 4.90 Å². The molecule has 3 nitrogen and oxygen atoms in total. The molecule has 0 atom stereocenters. The van der Waals surface area contributed by atoms with Gasteiger partial charge in [-0.2, -0.15) is 0 Å². The lowest BCUT2D eigenvalue weighted by Gasteiger charge is -2.28. The maximum atomic E-state index is 7.06. The van der Waals surface area contributed by atoms with Crippen LogP contribution in [0.4, 0.5) is 17.1 Å². The van der Waals surface area contributed by atoms with Crippen LogP contribution in [0.15, 0.2) is 124 Å². The van der Waals surface area contributed by atoms with Gasteiger partial charge in [0, 0.05) is 32.6 Å². The zero-order chi connectivity index (χ0) is 34.7. The highest BCUT2D eigenvalue weighted by atomic mass is 16.3. The first-order valence-electron chi connectivity index (χ1n) is 17.8. The Hall–Kier alpha value is -5.28. The van der Waals surface area contributed by atoms with Gasteiger partial charge in [0.25, 0.3) is 0 Å². The number of para-hydroxylation sites is 3. The first kappa shape index (κ1) is 30.8. The average molecular weight is 654 g/mol. The number of rotatable bonds is 3. The molecule has 0 radical (unpaired) electrons. The Bertz CT molecular complexity index is 2650. The Morgan fingerprint density at radius 1 is 0.520 bits per heavy atom. The van der Waals surface area contributed by atoms with Crippen LogP contribution in [-0.2, 0) is 16.2 Å². The van der Waals surface area contributed by atoms with Crippen molar-refractivity contribution in [2.24, 2.45) is 0 Å².